The molecule has 6 aromatic rings. The van der Waals surface area contributed by atoms with E-state index in [4.69, 9.17) is 42.6 Å². The number of thioether (sulfide) groups is 1. The molecule has 3 aliphatic rings. The number of aromatic nitrogens is 12. The quantitative estimate of drug-likeness (QED) is 0.150. The normalized spacial score (nSPS) is 25.8. The number of nitrogens with zero attached hydrogens (tertiary/aromatic N) is 12. The second kappa shape index (κ2) is 27.6. The van der Waals surface area contributed by atoms with Crippen LogP contribution in [0.25, 0.3) is 33.5 Å². The molecule has 3 unspecified atom stereocenters. The van der Waals surface area contributed by atoms with Gasteiger partial charge in [-0.25, -0.2) is 0 Å². The number of rotatable bonds is 13. The van der Waals surface area contributed by atoms with E-state index in [1.165, 1.54) is 18.7 Å². The van der Waals surface area contributed by atoms with E-state index in [9.17, 15) is 4.79 Å². The molecule has 22 nitrogen and oxygen atoms in total. The number of methoxy groups -OCH3 is 6. The summed E-state index contributed by atoms with van der Waals surface area (Å²) in [4.78, 5) is 50.6. The Labute approximate surface area is 493 Å². The molecule has 0 aromatic carbocycles. The third-order valence-electron chi connectivity index (χ3n) is 12.5. The third kappa shape index (κ3) is 12.9. The molecule has 0 bridgehead atoms. The van der Waals surface area contributed by atoms with E-state index in [0.717, 1.165) is 63.3 Å². The van der Waals surface area contributed by atoms with E-state index in [1.807, 2.05) is 50.7 Å². The fourth-order valence-corrected chi connectivity index (χ4v) is 10.6. The maximum Gasteiger partial charge on any atom is 0.186 e. The zero-order valence-electron chi connectivity index (χ0n) is 42.8. The van der Waals surface area contributed by atoms with Crippen LogP contribution >= 0.6 is 11.8 Å². The van der Waals surface area contributed by atoms with Gasteiger partial charge in [0.15, 0.2) is 5.12 Å². The molecular formula is C45H61N12O10SY3-3. The van der Waals surface area contributed by atoms with Crippen molar-refractivity contribution in [3.8, 4) is 0 Å². The summed E-state index contributed by atoms with van der Waals surface area (Å²) in [6.07, 6.45) is 7.20. The van der Waals surface area contributed by atoms with E-state index in [0.29, 0.717) is 37.6 Å². The van der Waals surface area contributed by atoms with Crippen molar-refractivity contribution in [3.05, 3.63) is 53.5 Å². The van der Waals surface area contributed by atoms with Crippen molar-refractivity contribution < 1.29 is 146 Å². The Bertz CT molecular complexity index is 2700. The molecule has 3 fully saturated rings. The first kappa shape index (κ1) is 62.2. The standard InChI is InChI=1S/C16H21N4O4S.C15H21N4O3.C14H19N4O3.3Y/c1-8-12-15(18-7-17-8)20(9(2)19-12)16-14(25-10(3)21)13(23-5)11(24-16)6-22-4;1-9-12-14(17-8-16-9)19(10(2)18-12)15(3)7-22-11(6-20-4)13(15)21-5;1-8-13-14(16-7-15-8)18(9(2)17-13)12-5-10(20-4)11(21-12)6-19-3;;;/h11,13-14,16H,6H2,1-5H3;11,13H,6-7H2,1-5H3;10-12H,5-6H2,1-4H3;;;/q3*-1;;;/t11-,13?,14-,16-;11-,13?,15+;10?,11-,12-;;;/m000.../s1. The first-order chi connectivity index (χ1) is 32.6. The van der Waals surface area contributed by atoms with Crippen molar-refractivity contribution in [3.63, 3.8) is 0 Å². The second-order valence-corrected chi connectivity index (χ2v) is 18.4. The minimum Gasteiger partial charge on any atom is -0.382 e. The van der Waals surface area contributed by atoms with Crippen molar-refractivity contribution in [1.29, 1.82) is 0 Å². The monoisotopic (exact) mass is 1230 g/mol. The van der Waals surface area contributed by atoms with Crippen molar-refractivity contribution in [2.45, 2.75) is 122 Å². The average molecular weight is 1230 g/mol. The minimum atomic E-state index is -0.452. The van der Waals surface area contributed by atoms with Gasteiger partial charge in [0.1, 0.15) is 43.0 Å². The van der Waals surface area contributed by atoms with E-state index in [1.54, 1.807) is 42.7 Å². The molecule has 0 amide bonds. The van der Waals surface area contributed by atoms with Crippen molar-refractivity contribution in [1.82, 2.24) is 58.6 Å². The molecular weight excluding hydrogens is 1170 g/mol. The molecule has 9 heterocycles. The van der Waals surface area contributed by atoms with E-state index < -0.39 is 11.8 Å². The number of fused-ring (bicyclic) bond motifs is 3. The smallest absolute Gasteiger partial charge is 0.186 e. The number of carbonyl (C=O) groups is 1. The Balaban J connectivity index is 0.000000227. The zero-order chi connectivity index (χ0) is 49.0. The van der Waals surface area contributed by atoms with Crippen molar-refractivity contribution in [2.24, 2.45) is 0 Å². The summed E-state index contributed by atoms with van der Waals surface area (Å²) < 4.78 is 56.8. The molecule has 9 rings (SSSR count). The Morgan fingerprint density at radius 1 is 0.648 bits per heavy atom. The van der Waals surface area contributed by atoms with Crippen LogP contribution in [-0.4, -0.2) is 175 Å². The topological polar surface area (TPSA) is 231 Å². The number of ether oxygens (including phenoxy) is 9. The maximum absolute atomic E-state index is 11.8. The summed E-state index contributed by atoms with van der Waals surface area (Å²) in [5.41, 5.74) is 6.40. The van der Waals surface area contributed by atoms with Gasteiger partial charge in [-0.15, -0.1) is 0 Å². The van der Waals surface area contributed by atoms with Gasteiger partial charge < -0.3 is 86.2 Å². The number of carbonyl (C=O) groups excluding carboxylic acids is 1. The number of hydrogen-bond acceptors (Lipinski definition) is 20. The first-order valence-corrected chi connectivity index (χ1v) is 23.0. The Morgan fingerprint density at radius 3 is 1.66 bits per heavy atom. The molecule has 71 heavy (non-hydrogen) atoms. The summed E-state index contributed by atoms with van der Waals surface area (Å²) in [6.45, 7) is 17.0. The van der Waals surface area contributed by atoms with Gasteiger partial charge in [0.2, 0.25) is 0 Å². The van der Waals surface area contributed by atoms with Crippen molar-refractivity contribution in [2.75, 3.05) is 69.1 Å². The third-order valence-corrected chi connectivity index (χ3v) is 13.6. The van der Waals surface area contributed by atoms with Crippen LogP contribution < -0.4 is 0 Å². The van der Waals surface area contributed by atoms with Crippen LogP contribution in [0, 0.1) is 60.5 Å². The van der Waals surface area contributed by atoms with Crippen molar-refractivity contribution >= 4 is 50.4 Å². The minimum absolute atomic E-state index is 0. The zero-order valence-corrected chi connectivity index (χ0v) is 52.2. The summed E-state index contributed by atoms with van der Waals surface area (Å²) in [5, 5.41) is -0.243. The molecule has 3 aliphatic heterocycles. The molecule has 26 heteroatoms. The number of hydrogen-bond donors (Lipinski definition) is 0. The van der Waals surface area contributed by atoms with Gasteiger partial charge in [-0.3, -0.25) is 19.7 Å². The van der Waals surface area contributed by atoms with Gasteiger partial charge in [-0.1, -0.05) is 32.5 Å². The summed E-state index contributed by atoms with van der Waals surface area (Å²) in [5.74, 6) is 2.44. The van der Waals surface area contributed by atoms with Crippen LogP contribution in [0.5, 0.6) is 0 Å². The molecule has 3 radical (unpaired) electrons. The van der Waals surface area contributed by atoms with Gasteiger partial charge in [0.25, 0.3) is 0 Å². The van der Waals surface area contributed by atoms with Crippen LogP contribution in [0.1, 0.15) is 67.3 Å². The van der Waals surface area contributed by atoms with Crippen LogP contribution in [0.3, 0.4) is 0 Å². The summed E-state index contributed by atoms with van der Waals surface area (Å²) >= 11 is 1.21. The van der Waals surface area contributed by atoms with Gasteiger partial charge >= 0.3 is 0 Å². The molecule has 0 N–H and O–H groups in total. The fraction of sp³-hybridized carbons (Fsp3) is 0.644. The van der Waals surface area contributed by atoms with Crippen LogP contribution in [-0.2, 0) is 151 Å². The van der Waals surface area contributed by atoms with E-state index in [-0.39, 0.29) is 151 Å². The van der Waals surface area contributed by atoms with Gasteiger partial charge in [-0.05, 0) is 44.8 Å². The second-order valence-electron chi connectivity index (χ2n) is 17.0. The SMILES string of the molecule is COC[C@@H]1OC[C@@](C)(n2c(C)nc3c(C)n[c-]nc32)C1OC.COC[C@@H]1O[C@H](n2c(C)nc3c(C)n[c-]nc32)CC1OC.COC[C@@H]1O[C@H](n2c(C)nc3c(C)n[c-]nc32)[C@@H](SC(C)=O)C1OC.[Y].[Y].[Y]. The van der Waals surface area contributed by atoms with Crippen LogP contribution in [0.4, 0.5) is 0 Å². The molecule has 0 aliphatic carbocycles. The fourth-order valence-electron chi connectivity index (χ4n) is 9.47. The molecule has 0 spiro atoms. The largest absolute Gasteiger partial charge is 0.382 e. The van der Waals surface area contributed by atoms with E-state index in [2.05, 4.69) is 75.3 Å². The van der Waals surface area contributed by atoms with Gasteiger partial charge in [0.05, 0.1) is 72.1 Å². The number of aryl methyl sites for hydroxylation is 6. The Morgan fingerprint density at radius 2 is 1.14 bits per heavy atom. The average Bonchev–Trinajstić information content (AvgIpc) is 4.15. The molecule has 6 aromatic heterocycles. The Kier molecular flexibility index (Phi) is 24.2. The number of imidazole rings is 3. The predicted octanol–water partition coefficient (Wildman–Crippen LogP) is 3.65. The maximum atomic E-state index is 11.8. The predicted molar refractivity (Wildman–Crippen MR) is 247 cm³/mol. The Hall–Kier alpha value is -1.38. The molecule has 0 saturated carbocycles. The van der Waals surface area contributed by atoms with Gasteiger partial charge in [-0.2, -0.15) is 0 Å². The molecule has 3 saturated heterocycles. The molecule has 10 atom stereocenters. The van der Waals surface area contributed by atoms with Crippen LogP contribution in [0.2, 0.25) is 0 Å². The van der Waals surface area contributed by atoms with E-state index >= 15 is 0 Å². The van der Waals surface area contributed by atoms with Gasteiger partial charge in [0, 0.05) is 195 Å². The van der Waals surface area contributed by atoms with Crippen LogP contribution in [0.15, 0.2) is 0 Å². The first-order valence-electron chi connectivity index (χ1n) is 22.1. The summed E-state index contributed by atoms with van der Waals surface area (Å²) in [6, 6.07) is 0. The summed E-state index contributed by atoms with van der Waals surface area (Å²) in [7, 11) is 9.94. The molecule has 379 valence electrons.